The van der Waals surface area contributed by atoms with Gasteiger partial charge in [-0.15, -0.1) is 0 Å². The quantitative estimate of drug-likeness (QED) is 0.596. The molecule has 0 bridgehead atoms. The smallest absolute Gasteiger partial charge is 0.0641 e. The largest absolute Gasteiger partial charge is 0.378 e. The van der Waals surface area contributed by atoms with Gasteiger partial charge in [-0.2, -0.15) is 5.10 Å². The Bertz CT molecular complexity index is 371. The van der Waals surface area contributed by atoms with Crippen molar-refractivity contribution in [1.82, 2.24) is 15.2 Å². The molecule has 3 N–H and O–H groups in total. The third kappa shape index (κ3) is 3.31. The Labute approximate surface area is 109 Å². The average molecular weight is 252 g/mol. The summed E-state index contributed by atoms with van der Waals surface area (Å²) >= 11 is 0. The van der Waals surface area contributed by atoms with Gasteiger partial charge >= 0.3 is 0 Å². The van der Waals surface area contributed by atoms with E-state index in [0.29, 0.717) is 6.10 Å². The molecule has 102 valence electrons. The summed E-state index contributed by atoms with van der Waals surface area (Å²) in [4.78, 5) is 0. The molecule has 1 aromatic heterocycles. The van der Waals surface area contributed by atoms with Gasteiger partial charge in [-0.05, 0) is 39.0 Å². The molecule has 2 unspecified atom stereocenters. The molecule has 5 heteroatoms. The number of rotatable bonds is 6. The van der Waals surface area contributed by atoms with E-state index in [-0.39, 0.29) is 6.04 Å². The first-order valence-electron chi connectivity index (χ1n) is 6.78. The Morgan fingerprint density at radius 3 is 3.06 bits per heavy atom. The molecule has 1 fully saturated rings. The standard InChI is InChI=1S/C13H24N4O/c1-10-12(9-17(2)16-10)13(15-14)7-3-5-11-6-4-8-18-11/h9,11,13,15H,3-8,14H2,1-2H3. The second-order valence-corrected chi connectivity index (χ2v) is 5.13. The summed E-state index contributed by atoms with van der Waals surface area (Å²) in [6.07, 6.45) is 8.25. The van der Waals surface area contributed by atoms with Gasteiger partial charge in [-0.25, -0.2) is 0 Å². The van der Waals surface area contributed by atoms with Gasteiger partial charge in [-0.3, -0.25) is 16.0 Å². The van der Waals surface area contributed by atoms with Crippen molar-refractivity contribution in [3.05, 3.63) is 17.5 Å². The molecule has 2 heterocycles. The lowest BCUT2D eigenvalue weighted by Crippen LogP contribution is -2.28. The van der Waals surface area contributed by atoms with E-state index in [2.05, 4.69) is 10.5 Å². The Balaban J connectivity index is 1.83. The number of hydrogen-bond donors (Lipinski definition) is 2. The molecule has 18 heavy (non-hydrogen) atoms. The Kier molecular flexibility index (Phi) is 4.74. The monoisotopic (exact) mass is 252 g/mol. The maximum Gasteiger partial charge on any atom is 0.0641 e. The van der Waals surface area contributed by atoms with Crippen LogP contribution in [0, 0.1) is 6.92 Å². The minimum absolute atomic E-state index is 0.195. The fourth-order valence-electron chi connectivity index (χ4n) is 2.71. The van der Waals surface area contributed by atoms with E-state index in [0.717, 1.165) is 31.6 Å². The third-order valence-electron chi connectivity index (χ3n) is 3.67. The second-order valence-electron chi connectivity index (χ2n) is 5.13. The highest BCUT2D eigenvalue weighted by Crippen LogP contribution is 2.24. The van der Waals surface area contributed by atoms with E-state index in [1.807, 2.05) is 24.9 Å². The lowest BCUT2D eigenvalue weighted by atomic mass is 10.0. The predicted octanol–water partition coefficient (Wildman–Crippen LogP) is 1.58. The molecule has 0 saturated carbocycles. The summed E-state index contributed by atoms with van der Waals surface area (Å²) in [5, 5.41) is 4.36. The maximum atomic E-state index is 5.66. The zero-order chi connectivity index (χ0) is 13.0. The summed E-state index contributed by atoms with van der Waals surface area (Å²) in [6, 6.07) is 0.195. The van der Waals surface area contributed by atoms with E-state index in [4.69, 9.17) is 10.6 Å². The Morgan fingerprint density at radius 1 is 1.67 bits per heavy atom. The van der Waals surface area contributed by atoms with Gasteiger partial charge in [0.15, 0.2) is 0 Å². The first kappa shape index (κ1) is 13.5. The number of ether oxygens (including phenoxy) is 1. The van der Waals surface area contributed by atoms with Crippen LogP contribution in [0.25, 0.3) is 0 Å². The topological polar surface area (TPSA) is 65.1 Å². The number of nitrogens with two attached hydrogens (primary N) is 1. The summed E-state index contributed by atoms with van der Waals surface area (Å²) < 4.78 is 7.48. The van der Waals surface area contributed by atoms with E-state index >= 15 is 0 Å². The molecule has 0 aromatic carbocycles. The fraction of sp³-hybridized carbons (Fsp3) is 0.769. The van der Waals surface area contributed by atoms with E-state index in [1.54, 1.807) is 0 Å². The van der Waals surface area contributed by atoms with Crippen LogP contribution in [0.2, 0.25) is 0 Å². The van der Waals surface area contributed by atoms with Crippen molar-refractivity contribution in [3.8, 4) is 0 Å². The Hall–Kier alpha value is -0.910. The molecule has 2 atom stereocenters. The highest BCUT2D eigenvalue weighted by Gasteiger charge is 2.18. The van der Waals surface area contributed by atoms with Crippen LogP contribution in [0.1, 0.15) is 49.4 Å². The van der Waals surface area contributed by atoms with Crippen LogP contribution in [0.3, 0.4) is 0 Å². The molecule has 1 aliphatic heterocycles. The van der Waals surface area contributed by atoms with Crippen LogP contribution in [-0.4, -0.2) is 22.5 Å². The highest BCUT2D eigenvalue weighted by atomic mass is 16.5. The first-order valence-corrected chi connectivity index (χ1v) is 6.78. The zero-order valence-electron chi connectivity index (χ0n) is 11.4. The molecular formula is C13H24N4O. The van der Waals surface area contributed by atoms with Crippen LogP contribution in [0.4, 0.5) is 0 Å². The Morgan fingerprint density at radius 2 is 2.50 bits per heavy atom. The summed E-state index contributed by atoms with van der Waals surface area (Å²) in [5.41, 5.74) is 5.16. The number of nitrogens with zero attached hydrogens (tertiary/aromatic N) is 2. The zero-order valence-corrected chi connectivity index (χ0v) is 11.4. The van der Waals surface area contributed by atoms with Crippen molar-refractivity contribution in [1.29, 1.82) is 0 Å². The summed E-state index contributed by atoms with van der Waals surface area (Å²) in [5.74, 6) is 5.66. The van der Waals surface area contributed by atoms with Gasteiger partial charge in [-0.1, -0.05) is 0 Å². The molecule has 1 saturated heterocycles. The van der Waals surface area contributed by atoms with Crippen molar-refractivity contribution >= 4 is 0 Å². The van der Waals surface area contributed by atoms with E-state index in [9.17, 15) is 0 Å². The van der Waals surface area contributed by atoms with Crippen molar-refractivity contribution in [3.63, 3.8) is 0 Å². The number of nitrogens with one attached hydrogen (secondary N) is 1. The van der Waals surface area contributed by atoms with Crippen molar-refractivity contribution < 1.29 is 4.74 Å². The van der Waals surface area contributed by atoms with Gasteiger partial charge < -0.3 is 4.74 Å². The van der Waals surface area contributed by atoms with Crippen LogP contribution >= 0.6 is 0 Å². The lowest BCUT2D eigenvalue weighted by Gasteiger charge is -2.16. The fourth-order valence-corrected chi connectivity index (χ4v) is 2.71. The van der Waals surface area contributed by atoms with Crippen LogP contribution in [-0.2, 0) is 11.8 Å². The van der Waals surface area contributed by atoms with E-state index in [1.165, 1.54) is 18.4 Å². The van der Waals surface area contributed by atoms with Gasteiger partial charge in [0.25, 0.3) is 0 Å². The number of aromatic nitrogens is 2. The third-order valence-corrected chi connectivity index (χ3v) is 3.67. The van der Waals surface area contributed by atoms with Gasteiger partial charge in [0.1, 0.15) is 0 Å². The van der Waals surface area contributed by atoms with Crippen LogP contribution in [0.5, 0.6) is 0 Å². The van der Waals surface area contributed by atoms with Crippen molar-refractivity contribution in [2.45, 2.75) is 51.2 Å². The summed E-state index contributed by atoms with van der Waals surface area (Å²) in [7, 11) is 1.94. The molecule has 0 radical (unpaired) electrons. The molecule has 1 aliphatic rings. The lowest BCUT2D eigenvalue weighted by molar-refractivity contribution is 0.101. The summed E-state index contributed by atoms with van der Waals surface area (Å²) in [6.45, 7) is 2.96. The maximum absolute atomic E-state index is 5.66. The average Bonchev–Trinajstić information content (AvgIpc) is 2.95. The molecular weight excluding hydrogens is 228 g/mol. The predicted molar refractivity (Wildman–Crippen MR) is 70.8 cm³/mol. The molecule has 0 amide bonds. The second kappa shape index (κ2) is 6.31. The highest BCUT2D eigenvalue weighted by molar-refractivity contribution is 5.19. The minimum Gasteiger partial charge on any atom is -0.378 e. The van der Waals surface area contributed by atoms with Crippen LogP contribution in [0.15, 0.2) is 6.20 Å². The van der Waals surface area contributed by atoms with Crippen molar-refractivity contribution in [2.24, 2.45) is 12.9 Å². The molecule has 5 nitrogen and oxygen atoms in total. The number of hydrogen-bond acceptors (Lipinski definition) is 4. The van der Waals surface area contributed by atoms with Gasteiger partial charge in [0, 0.05) is 31.5 Å². The molecule has 0 aliphatic carbocycles. The minimum atomic E-state index is 0.195. The van der Waals surface area contributed by atoms with Gasteiger partial charge in [0.05, 0.1) is 11.8 Å². The van der Waals surface area contributed by atoms with E-state index < -0.39 is 0 Å². The number of aryl methyl sites for hydroxylation is 2. The SMILES string of the molecule is Cc1nn(C)cc1C(CCCC1CCCO1)NN. The molecule has 0 spiro atoms. The van der Waals surface area contributed by atoms with Gasteiger partial charge in [0.2, 0.25) is 0 Å². The van der Waals surface area contributed by atoms with Crippen molar-refractivity contribution in [2.75, 3.05) is 6.61 Å². The molecule has 2 rings (SSSR count). The normalized spacial score (nSPS) is 21.4. The van der Waals surface area contributed by atoms with Crippen LogP contribution < -0.4 is 11.3 Å². The molecule has 1 aromatic rings. The first-order chi connectivity index (χ1) is 8.70. The number of hydrazine groups is 1.